The van der Waals surface area contributed by atoms with E-state index in [2.05, 4.69) is 4.98 Å². The van der Waals surface area contributed by atoms with E-state index in [9.17, 15) is 14.0 Å². The van der Waals surface area contributed by atoms with E-state index < -0.39 is 11.4 Å². The molecule has 0 saturated carbocycles. The van der Waals surface area contributed by atoms with Crippen LogP contribution < -0.4 is 0 Å². The Bertz CT molecular complexity index is 944. The predicted molar refractivity (Wildman–Crippen MR) is 115 cm³/mol. The third-order valence-electron chi connectivity index (χ3n) is 4.66. The lowest BCUT2D eigenvalue weighted by molar-refractivity contribution is 0.00198. The Morgan fingerprint density at radius 2 is 2.07 bits per heavy atom. The van der Waals surface area contributed by atoms with E-state index in [4.69, 9.17) is 16.3 Å². The molecule has 30 heavy (non-hydrogen) atoms. The number of carbonyl (C=O) groups is 2. The number of amides is 2. The molecule has 0 bridgehead atoms. The van der Waals surface area contributed by atoms with Crippen LogP contribution in [-0.2, 0) is 11.2 Å². The molecule has 1 saturated heterocycles. The molecule has 162 valence electrons. The third-order valence-corrected chi connectivity index (χ3v) is 5.78. The van der Waals surface area contributed by atoms with Crippen LogP contribution in [0.5, 0.6) is 0 Å². The van der Waals surface area contributed by atoms with E-state index in [1.807, 2.05) is 27.7 Å². The first-order chi connectivity index (χ1) is 14.0. The minimum Gasteiger partial charge on any atom is -0.444 e. The van der Waals surface area contributed by atoms with Gasteiger partial charge in [-0.3, -0.25) is 4.79 Å². The van der Waals surface area contributed by atoms with Gasteiger partial charge < -0.3 is 14.5 Å². The second-order valence-corrected chi connectivity index (χ2v) is 9.62. The van der Waals surface area contributed by atoms with Gasteiger partial charge in [0.1, 0.15) is 11.4 Å². The summed E-state index contributed by atoms with van der Waals surface area (Å²) in [7, 11) is 0. The molecular formula is C21H25ClFN3O3S. The lowest BCUT2D eigenvalue weighted by Gasteiger charge is -2.39. The Morgan fingerprint density at radius 3 is 2.70 bits per heavy atom. The fourth-order valence-electron chi connectivity index (χ4n) is 3.22. The number of ether oxygens (including phenoxy) is 1. The van der Waals surface area contributed by atoms with E-state index in [1.165, 1.54) is 17.4 Å². The van der Waals surface area contributed by atoms with Gasteiger partial charge in [-0.15, -0.1) is 11.3 Å². The van der Waals surface area contributed by atoms with Crippen LogP contribution in [0.2, 0.25) is 5.02 Å². The summed E-state index contributed by atoms with van der Waals surface area (Å²) < 4.78 is 19.5. The Balaban J connectivity index is 1.62. The quantitative estimate of drug-likeness (QED) is 0.680. The predicted octanol–water partition coefficient (Wildman–Crippen LogP) is 4.61. The van der Waals surface area contributed by atoms with Crippen LogP contribution in [0.3, 0.4) is 0 Å². The molecule has 1 aliphatic rings. The zero-order valence-corrected chi connectivity index (χ0v) is 19.0. The molecule has 1 fully saturated rings. The van der Waals surface area contributed by atoms with Gasteiger partial charge in [0.15, 0.2) is 5.01 Å². The minimum atomic E-state index is -0.565. The molecule has 0 spiro atoms. The molecule has 0 radical (unpaired) electrons. The SMILES string of the molecule is C[C@H]1CN(C(=O)c2nc(Cc3ccc(Cl)cc3F)cs2)CCN1C(=O)OC(C)(C)C. The maximum atomic E-state index is 14.0. The molecule has 3 rings (SSSR count). The average Bonchev–Trinajstić information content (AvgIpc) is 3.10. The highest BCUT2D eigenvalue weighted by molar-refractivity contribution is 7.11. The summed E-state index contributed by atoms with van der Waals surface area (Å²) in [5.74, 6) is -0.575. The Hall–Kier alpha value is -2.19. The lowest BCUT2D eigenvalue weighted by Crippen LogP contribution is -2.56. The third kappa shape index (κ3) is 5.49. The van der Waals surface area contributed by atoms with Gasteiger partial charge in [-0.2, -0.15) is 0 Å². The number of halogens is 2. The van der Waals surface area contributed by atoms with Crippen molar-refractivity contribution in [2.75, 3.05) is 19.6 Å². The molecule has 0 N–H and O–H groups in total. The molecule has 2 heterocycles. The molecule has 0 aliphatic carbocycles. The van der Waals surface area contributed by atoms with Crippen LogP contribution in [0.25, 0.3) is 0 Å². The number of rotatable bonds is 3. The summed E-state index contributed by atoms with van der Waals surface area (Å²) in [5.41, 5.74) is 0.540. The number of piperazine rings is 1. The molecule has 1 atom stereocenters. The highest BCUT2D eigenvalue weighted by Gasteiger charge is 2.33. The zero-order valence-electron chi connectivity index (χ0n) is 17.4. The fourth-order valence-corrected chi connectivity index (χ4v) is 4.16. The highest BCUT2D eigenvalue weighted by atomic mass is 35.5. The largest absolute Gasteiger partial charge is 0.444 e. The van der Waals surface area contributed by atoms with Crippen LogP contribution in [-0.4, -0.2) is 58.1 Å². The molecule has 1 aromatic carbocycles. The van der Waals surface area contributed by atoms with Crippen LogP contribution in [0.4, 0.5) is 9.18 Å². The number of carbonyl (C=O) groups excluding carboxylic acids is 2. The second-order valence-electron chi connectivity index (χ2n) is 8.33. The van der Waals surface area contributed by atoms with E-state index in [1.54, 1.807) is 27.3 Å². The van der Waals surface area contributed by atoms with Gasteiger partial charge in [-0.1, -0.05) is 17.7 Å². The summed E-state index contributed by atoms with van der Waals surface area (Å²) >= 11 is 7.03. The van der Waals surface area contributed by atoms with Crippen molar-refractivity contribution >= 4 is 34.9 Å². The molecule has 0 unspecified atom stereocenters. The van der Waals surface area contributed by atoms with Gasteiger partial charge in [0.05, 0.1) is 5.69 Å². The first-order valence-corrected chi connectivity index (χ1v) is 11.0. The topological polar surface area (TPSA) is 62.7 Å². The van der Waals surface area contributed by atoms with Gasteiger partial charge in [-0.25, -0.2) is 14.2 Å². The van der Waals surface area contributed by atoms with Gasteiger partial charge >= 0.3 is 6.09 Å². The van der Waals surface area contributed by atoms with Gasteiger partial charge in [-0.05, 0) is 45.4 Å². The molecule has 2 aromatic rings. The van der Waals surface area contributed by atoms with E-state index in [-0.39, 0.29) is 24.5 Å². The number of thiazole rings is 1. The summed E-state index contributed by atoms with van der Waals surface area (Å²) in [6.45, 7) is 8.57. The number of aromatic nitrogens is 1. The summed E-state index contributed by atoms with van der Waals surface area (Å²) in [6, 6.07) is 4.35. The van der Waals surface area contributed by atoms with Crippen molar-refractivity contribution in [2.45, 2.75) is 45.8 Å². The first-order valence-electron chi connectivity index (χ1n) is 9.71. The van der Waals surface area contributed by atoms with Crippen LogP contribution in [0.1, 0.15) is 48.8 Å². The van der Waals surface area contributed by atoms with Crippen molar-refractivity contribution in [1.29, 1.82) is 0 Å². The molecule has 1 aliphatic heterocycles. The Kier molecular flexibility index (Phi) is 6.67. The van der Waals surface area contributed by atoms with Crippen LogP contribution >= 0.6 is 22.9 Å². The molecule has 6 nitrogen and oxygen atoms in total. The molecular weight excluding hydrogens is 429 g/mol. The number of nitrogens with zero attached hydrogens (tertiary/aromatic N) is 3. The van der Waals surface area contributed by atoms with Gasteiger partial charge in [0.25, 0.3) is 5.91 Å². The summed E-state index contributed by atoms with van der Waals surface area (Å²) in [5, 5.41) is 2.46. The molecule has 9 heteroatoms. The number of hydrogen-bond acceptors (Lipinski definition) is 5. The zero-order chi connectivity index (χ0) is 22.1. The number of benzene rings is 1. The number of hydrogen-bond donors (Lipinski definition) is 0. The van der Waals surface area contributed by atoms with Crippen molar-refractivity contribution in [3.63, 3.8) is 0 Å². The molecule has 1 aromatic heterocycles. The van der Waals surface area contributed by atoms with Crippen molar-refractivity contribution in [3.05, 3.63) is 50.7 Å². The van der Waals surface area contributed by atoms with Crippen molar-refractivity contribution in [1.82, 2.24) is 14.8 Å². The lowest BCUT2D eigenvalue weighted by atomic mass is 10.1. The van der Waals surface area contributed by atoms with Crippen LogP contribution in [0, 0.1) is 5.82 Å². The second kappa shape index (κ2) is 8.89. The monoisotopic (exact) mass is 453 g/mol. The highest BCUT2D eigenvalue weighted by Crippen LogP contribution is 2.22. The normalized spacial score (nSPS) is 17.2. The minimum absolute atomic E-state index is 0.167. The van der Waals surface area contributed by atoms with E-state index in [0.29, 0.717) is 40.9 Å². The fraction of sp³-hybridized carbons (Fsp3) is 0.476. The Morgan fingerprint density at radius 1 is 1.33 bits per heavy atom. The van der Waals surface area contributed by atoms with Crippen molar-refractivity contribution < 1.29 is 18.7 Å². The van der Waals surface area contributed by atoms with Gasteiger partial charge in [0, 0.05) is 42.5 Å². The Labute approximate surface area is 184 Å². The maximum Gasteiger partial charge on any atom is 0.410 e. The van der Waals surface area contributed by atoms with E-state index in [0.717, 1.165) is 0 Å². The van der Waals surface area contributed by atoms with E-state index >= 15 is 0 Å². The average molecular weight is 454 g/mol. The van der Waals surface area contributed by atoms with Crippen molar-refractivity contribution in [3.8, 4) is 0 Å². The first kappa shape index (κ1) is 22.5. The molecule has 2 amide bonds. The van der Waals surface area contributed by atoms with Crippen LogP contribution in [0.15, 0.2) is 23.6 Å². The maximum absolute atomic E-state index is 14.0. The summed E-state index contributed by atoms with van der Waals surface area (Å²) in [6.07, 6.45) is -0.0843. The smallest absolute Gasteiger partial charge is 0.410 e. The standard InChI is InChI=1S/C21H25ClFN3O3S/c1-13-11-25(7-8-26(13)20(28)29-21(2,3)4)19(27)18-24-16(12-30-18)9-14-5-6-15(22)10-17(14)23/h5-6,10,12-13H,7-9,11H2,1-4H3/t13-/m0/s1. The van der Waals surface area contributed by atoms with Gasteiger partial charge in [0.2, 0.25) is 0 Å². The summed E-state index contributed by atoms with van der Waals surface area (Å²) in [4.78, 5) is 33.0. The van der Waals surface area contributed by atoms with Crippen molar-refractivity contribution in [2.24, 2.45) is 0 Å².